The van der Waals surface area contributed by atoms with Crippen LogP contribution in [0.25, 0.3) is 10.9 Å². The van der Waals surface area contributed by atoms with Crippen molar-refractivity contribution in [3.63, 3.8) is 0 Å². The second kappa shape index (κ2) is 9.04. The Kier molecular flexibility index (Phi) is 6.44. The fourth-order valence-electron chi connectivity index (χ4n) is 3.97. The summed E-state index contributed by atoms with van der Waals surface area (Å²) in [7, 11) is 0. The number of carbonyl (C=O) groups excluding carboxylic acids is 1. The summed E-state index contributed by atoms with van der Waals surface area (Å²) < 4.78 is 2.52. The standard InChI is InChI=1S/C22H24ClN3OS2/c1-2-28-26-9-7-14(8-10-26)20-13-25-21-18(20)11-17(12-19(21)22(24)27)29-16-5-3-15(23)4-6-16/h3-6,11-14,25H,2,7-10H2,1H3,(H2,24,27)/p+1. The Morgan fingerprint density at radius 2 is 1.97 bits per heavy atom. The summed E-state index contributed by atoms with van der Waals surface area (Å²) in [6.07, 6.45) is 4.35. The zero-order valence-electron chi connectivity index (χ0n) is 16.3. The first-order chi connectivity index (χ1) is 14.0. The van der Waals surface area contributed by atoms with E-state index in [-0.39, 0.29) is 0 Å². The van der Waals surface area contributed by atoms with E-state index in [0.717, 1.165) is 46.6 Å². The summed E-state index contributed by atoms with van der Waals surface area (Å²) in [5.41, 5.74) is 8.41. The molecule has 0 radical (unpaired) electrons. The zero-order chi connectivity index (χ0) is 20.4. The van der Waals surface area contributed by atoms with Gasteiger partial charge in [-0.15, -0.1) is 4.31 Å². The minimum Gasteiger partial charge on any atom is -0.366 e. The minimum atomic E-state index is -0.404. The van der Waals surface area contributed by atoms with Crippen molar-refractivity contribution >= 4 is 52.1 Å². The molecule has 152 valence electrons. The molecule has 0 unspecified atom stereocenters. The lowest BCUT2D eigenvalue weighted by Gasteiger charge is -2.26. The van der Waals surface area contributed by atoms with Crippen LogP contribution in [0.1, 0.15) is 41.6 Å². The van der Waals surface area contributed by atoms with Gasteiger partial charge in [-0.25, -0.2) is 0 Å². The van der Waals surface area contributed by atoms with Crippen LogP contribution in [0.15, 0.2) is 52.4 Å². The number of aromatic nitrogens is 1. The van der Waals surface area contributed by atoms with Gasteiger partial charge in [-0.05, 0) is 67.6 Å². The summed E-state index contributed by atoms with van der Waals surface area (Å²) in [5.74, 6) is 1.27. The molecule has 0 spiro atoms. The minimum absolute atomic E-state index is 0.404. The van der Waals surface area contributed by atoms with Crippen molar-refractivity contribution in [2.75, 3.05) is 18.8 Å². The van der Waals surface area contributed by atoms with E-state index in [2.05, 4.69) is 28.5 Å². The molecule has 0 bridgehead atoms. The fraction of sp³-hybridized carbons (Fsp3) is 0.318. The molecular weight excluding hydrogens is 422 g/mol. The summed E-state index contributed by atoms with van der Waals surface area (Å²) in [6.45, 7) is 4.46. The number of thiol groups is 1. The van der Waals surface area contributed by atoms with Gasteiger partial charge < -0.3 is 10.7 Å². The van der Waals surface area contributed by atoms with Crippen LogP contribution in [0.5, 0.6) is 0 Å². The van der Waals surface area contributed by atoms with E-state index in [0.29, 0.717) is 16.5 Å². The van der Waals surface area contributed by atoms with Crippen LogP contribution >= 0.6 is 23.4 Å². The number of halogens is 1. The molecule has 3 aromatic rings. The number of benzene rings is 2. The summed E-state index contributed by atoms with van der Waals surface area (Å²) >= 11 is 9.04. The first kappa shape index (κ1) is 20.7. The highest BCUT2D eigenvalue weighted by atomic mass is 35.5. The zero-order valence-corrected chi connectivity index (χ0v) is 18.8. The number of nitrogens with one attached hydrogen (secondary N) is 1. The van der Waals surface area contributed by atoms with Crippen molar-refractivity contribution in [2.24, 2.45) is 5.73 Å². The van der Waals surface area contributed by atoms with Crippen molar-refractivity contribution in [1.82, 2.24) is 9.29 Å². The Balaban J connectivity index is 1.67. The molecule has 2 aromatic carbocycles. The maximum Gasteiger partial charge on any atom is 0.250 e. The van der Waals surface area contributed by atoms with Crippen LogP contribution in [-0.2, 0) is 11.9 Å². The topological polar surface area (TPSA) is 62.1 Å². The molecular formula is C22H25ClN3OS2+. The molecule has 7 heteroatoms. The Morgan fingerprint density at radius 3 is 2.62 bits per heavy atom. The van der Waals surface area contributed by atoms with Crippen molar-refractivity contribution in [3.05, 3.63) is 58.7 Å². The third-order valence-corrected chi connectivity index (χ3v) is 7.68. The van der Waals surface area contributed by atoms with Crippen LogP contribution < -0.4 is 5.73 Å². The largest absolute Gasteiger partial charge is 0.366 e. The summed E-state index contributed by atoms with van der Waals surface area (Å²) in [4.78, 5) is 17.5. The second-order valence-electron chi connectivity index (χ2n) is 7.24. The van der Waals surface area contributed by atoms with Crippen LogP contribution in [0.3, 0.4) is 0 Å². The predicted molar refractivity (Wildman–Crippen MR) is 125 cm³/mol. The van der Waals surface area contributed by atoms with Gasteiger partial charge in [-0.2, -0.15) is 0 Å². The average molecular weight is 447 g/mol. The predicted octanol–water partition coefficient (Wildman–Crippen LogP) is 5.00. The fourth-order valence-corrected chi connectivity index (χ4v) is 5.91. The van der Waals surface area contributed by atoms with Gasteiger partial charge in [0, 0.05) is 39.5 Å². The number of hydrogen-bond acceptors (Lipinski definition) is 3. The van der Waals surface area contributed by atoms with E-state index in [1.54, 1.807) is 11.8 Å². The molecule has 29 heavy (non-hydrogen) atoms. The number of amides is 1. The lowest BCUT2D eigenvalue weighted by molar-refractivity contribution is 0.100. The van der Waals surface area contributed by atoms with Gasteiger partial charge in [0.05, 0.1) is 23.0 Å². The lowest BCUT2D eigenvalue weighted by Crippen LogP contribution is -2.32. The van der Waals surface area contributed by atoms with Gasteiger partial charge in [0.25, 0.3) is 5.91 Å². The van der Waals surface area contributed by atoms with Gasteiger partial charge in [-0.1, -0.05) is 23.4 Å². The van der Waals surface area contributed by atoms with E-state index >= 15 is 0 Å². The maximum absolute atomic E-state index is 12.1. The Morgan fingerprint density at radius 1 is 1.24 bits per heavy atom. The molecule has 1 amide bonds. The van der Waals surface area contributed by atoms with Crippen molar-refractivity contribution < 1.29 is 4.79 Å². The Bertz CT molecular complexity index is 1010. The van der Waals surface area contributed by atoms with Crippen LogP contribution in [0, 0.1) is 0 Å². The monoisotopic (exact) mass is 446 g/mol. The first-order valence-electron chi connectivity index (χ1n) is 9.85. The number of aromatic amines is 1. The summed E-state index contributed by atoms with van der Waals surface area (Å²) in [5, 5.41) is 1.83. The maximum atomic E-state index is 12.1. The number of fused-ring (bicyclic) bond motifs is 1. The van der Waals surface area contributed by atoms with Crippen molar-refractivity contribution in [3.8, 4) is 0 Å². The normalized spacial score (nSPS) is 15.8. The molecule has 0 atom stereocenters. The number of nitrogens with zero attached hydrogens (tertiary/aromatic N) is 1. The number of nitrogens with two attached hydrogens (primary N) is 1. The molecule has 0 saturated carbocycles. The van der Waals surface area contributed by atoms with E-state index in [1.165, 1.54) is 23.3 Å². The highest BCUT2D eigenvalue weighted by molar-refractivity contribution is 7.99. The molecule has 3 N–H and O–H groups in total. The van der Waals surface area contributed by atoms with Gasteiger partial charge in [0.15, 0.2) is 0 Å². The van der Waals surface area contributed by atoms with Crippen molar-refractivity contribution in [1.29, 1.82) is 0 Å². The smallest absolute Gasteiger partial charge is 0.250 e. The third kappa shape index (κ3) is 4.61. The quantitative estimate of drug-likeness (QED) is 0.413. The number of piperidine rings is 1. The molecule has 1 aromatic heterocycles. The Hall–Kier alpha value is -1.60. The Labute approximate surface area is 184 Å². The van der Waals surface area contributed by atoms with E-state index in [1.807, 2.05) is 30.3 Å². The average Bonchev–Trinajstić information content (AvgIpc) is 3.14. The second-order valence-corrected chi connectivity index (χ2v) is 10.3. The first-order valence-corrected chi connectivity index (χ1v) is 12.1. The van der Waals surface area contributed by atoms with E-state index < -0.39 is 5.91 Å². The highest BCUT2D eigenvalue weighted by Crippen LogP contribution is 2.38. The number of rotatable bonds is 6. The molecule has 1 aliphatic heterocycles. The number of primary amides is 1. The van der Waals surface area contributed by atoms with Gasteiger partial charge >= 0.3 is 0 Å². The van der Waals surface area contributed by atoms with Gasteiger partial charge in [0.2, 0.25) is 0 Å². The third-order valence-electron chi connectivity index (χ3n) is 5.36. The van der Waals surface area contributed by atoms with Crippen molar-refractivity contribution in [2.45, 2.75) is 35.5 Å². The molecule has 1 aliphatic rings. The van der Waals surface area contributed by atoms with E-state index in [4.69, 9.17) is 17.3 Å². The lowest BCUT2D eigenvalue weighted by atomic mass is 9.89. The van der Waals surface area contributed by atoms with Crippen LogP contribution in [0.4, 0.5) is 0 Å². The van der Waals surface area contributed by atoms with Crippen LogP contribution in [0.2, 0.25) is 5.02 Å². The molecule has 2 heterocycles. The highest BCUT2D eigenvalue weighted by Gasteiger charge is 2.26. The van der Waals surface area contributed by atoms with Gasteiger partial charge in [0.1, 0.15) is 5.75 Å². The number of H-pyrrole nitrogens is 1. The molecule has 4 rings (SSSR count). The number of hydrogen-bond donors (Lipinski definition) is 2. The molecule has 4 nitrogen and oxygen atoms in total. The SMILES string of the molecule is CC[SH+]N1CCC(c2c[nH]c3c(C(N)=O)cc(Sc4ccc(Cl)cc4)cc23)CC1. The molecule has 0 aliphatic carbocycles. The number of carbonyl (C=O) groups is 1. The van der Waals surface area contributed by atoms with Gasteiger partial charge in [-0.3, -0.25) is 4.79 Å². The molecule has 1 fully saturated rings. The molecule has 1 saturated heterocycles. The van der Waals surface area contributed by atoms with E-state index in [9.17, 15) is 4.79 Å². The summed E-state index contributed by atoms with van der Waals surface area (Å²) in [6, 6.07) is 11.8. The van der Waals surface area contributed by atoms with Crippen LogP contribution in [-0.4, -0.2) is 34.0 Å².